The number of nitrogens with zero attached hydrogens (tertiary/aromatic N) is 3. The molecule has 2 aromatic rings. The second kappa shape index (κ2) is 5.74. The van der Waals surface area contributed by atoms with Gasteiger partial charge in [0.1, 0.15) is 0 Å². The SMILES string of the molecule is CC(C)n1ccc(C=Nc2ccc(N(C)C)cc2)c1. The van der Waals surface area contributed by atoms with Crippen LogP contribution < -0.4 is 4.90 Å². The second-order valence-electron chi connectivity index (χ2n) is 5.15. The Bertz CT molecular complexity index is 548. The summed E-state index contributed by atoms with van der Waals surface area (Å²) in [6, 6.07) is 10.8. The van der Waals surface area contributed by atoms with Crippen molar-refractivity contribution in [3.05, 3.63) is 48.3 Å². The Balaban J connectivity index is 2.09. The van der Waals surface area contributed by atoms with Crippen LogP contribution in [0.3, 0.4) is 0 Å². The molecule has 0 atom stereocenters. The summed E-state index contributed by atoms with van der Waals surface area (Å²) >= 11 is 0. The minimum atomic E-state index is 0.488. The molecule has 0 saturated heterocycles. The second-order valence-corrected chi connectivity index (χ2v) is 5.15. The van der Waals surface area contributed by atoms with Crippen molar-refractivity contribution in [2.45, 2.75) is 19.9 Å². The minimum Gasteiger partial charge on any atom is -0.378 e. The fourth-order valence-corrected chi connectivity index (χ4v) is 1.81. The van der Waals surface area contributed by atoms with Crippen molar-refractivity contribution in [3.8, 4) is 0 Å². The molecule has 1 aromatic heterocycles. The molecule has 1 heterocycles. The van der Waals surface area contributed by atoms with Crippen LogP contribution in [0.15, 0.2) is 47.7 Å². The van der Waals surface area contributed by atoms with E-state index >= 15 is 0 Å². The van der Waals surface area contributed by atoms with Gasteiger partial charge in [0.15, 0.2) is 0 Å². The molecule has 0 unspecified atom stereocenters. The topological polar surface area (TPSA) is 20.5 Å². The van der Waals surface area contributed by atoms with E-state index in [-0.39, 0.29) is 0 Å². The van der Waals surface area contributed by atoms with E-state index in [9.17, 15) is 0 Å². The van der Waals surface area contributed by atoms with Crippen LogP contribution in [0.4, 0.5) is 11.4 Å². The molecular weight excluding hydrogens is 234 g/mol. The van der Waals surface area contributed by atoms with Crippen molar-refractivity contribution >= 4 is 17.6 Å². The molecular formula is C16H21N3. The molecule has 100 valence electrons. The van der Waals surface area contributed by atoms with E-state index < -0.39 is 0 Å². The maximum atomic E-state index is 4.49. The number of aliphatic imine (C=N–C) groups is 1. The Hall–Kier alpha value is -2.03. The lowest BCUT2D eigenvalue weighted by Gasteiger charge is -2.11. The van der Waals surface area contributed by atoms with Crippen LogP contribution in [-0.4, -0.2) is 24.9 Å². The zero-order valence-corrected chi connectivity index (χ0v) is 12.0. The van der Waals surface area contributed by atoms with Gasteiger partial charge in [0.25, 0.3) is 0 Å². The first-order valence-electron chi connectivity index (χ1n) is 6.55. The number of anilines is 1. The third kappa shape index (κ3) is 3.47. The average Bonchev–Trinajstić information content (AvgIpc) is 2.86. The normalized spacial score (nSPS) is 11.4. The summed E-state index contributed by atoms with van der Waals surface area (Å²) in [4.78, 5) is 6.57. The molecule has 0 bridgehead atoms. The van der Waals surface area contributed by atoms with Gasteiger partial charge in [-0.15, -0.1) is 0 Å². The molecule has 0 aliphatic rings. The van der Waals surface area contributed by atoms with Crippen LogP contribution in [0.25, 0.3) is 0 Å². The first-order chi connectivity index (χ1) is 9.06. The third-order valence-electron chi connectivity index (χ3n) is 3.06. The van der Waals surface area contributed by atoms with Gasteiger partial charge in [-0.25, -0.2) is 0 Å². The molecule has 0 amide bonds. The maximum Gasteiger partial charge on any atom is 0.0631 e. The molecule has 0 aliphatic heterocycles. The van der Waals surface area contributed by atoms with Gasteiger partial charge in [-0.3, -0.25) is 4.99 Å². The Morgan fingerprint density at radius 3 is 2.32 bits per heavy atom. The summed E-state index contributed by atoms with van der Waals surface area (Å²) in [6.07, 6.45) is 6.10. The van der Waals surface area contributed by atoms with Gasteiger partial charge in [-0.05, 0) is 44.2 Å². The molecule has 0 saturated carbocycles. The summed E-state index contributed by atoms with van der Waals surface area (Å²) in [5, 5.41) is 0. The first-order valence-corrected chi connectivity index (χ1v) is 6.55. The summed E-state index contributed by atoms with van der Waals surface area (Å²) < 4.78 is 2.18. The van der Waals surface area contributed by atoms with Crippen molar-refractivity contribution in [2.24, 2.45) is 4.99 Å². The van der Waals surface area contributed by atoms with Crippen LogP contribution in [0.2, 0.25) is 0 Å². The number of rotatable bonds is 4. The summed E-state index contributed by atoms with van der Waals surface area (Å²) in [6.45, 7) is 4.34. The lowest BCUT2D eigenvalue weighted by Crippen LogP contribution is -2.07. The quantitative estimate of drug-likeness (QED) is 0.759. The van der Waals surface area contributed by atoms with Crippen molar-refractivity contribution in [3.63, 3.8) is 0 Å². The van der Waals surface area contributed by atoms with E-state index in [0.717, 1.165) is 11.3 Å². The van der Waals surface area contributed by atoms with Crippen molar-refractivity contribution in [1.82, 2.24) is 4.57 Å². The van der Waals surface area contributed by atoms with Gasteiger partial charge in [0.2, 0.25) is 0 Å². The number of hydrogen-bond acceptors (Lipinski definition) is 2. The summed E-state index contributed by atoms with van der Waals surface area (Å²) in [5.74, 6) is 0. The highest BCUT2D eigenvalue weighted by Gasteiger charge is 1.98. The summed E-state index contributed by atoms with van der Waals surface area (Å²) in [5.41, 5.74) is 3.29. The molecule has 0 N–H and O–H groups in total. The molecule has 0 spiro atoms. The largest absolute Gasteiger partial charge is 0.378 e. The molecule has 1 aromatic carbocycles. The van der Waals surface area contributed by atoms with Crippen LogP contribution in [0.1, 0.15) is 25.5 Å². The van der Waals surface area contributed by atoms with Gasteiger partial charge < -0.3 is 9.47 Å². The van der Waals surface area contributed by atoms with Gasteiger partial charge in [-0.1, -0.05) is 0 Å². The monoisotopic (exact) mass is 255 g/mol. The lowest BCUT2D eigenvalue weighted by molar-refractivity contribution is 0.603. The smallest absolute Gasteiger partial charge is 0.0631 e. The highest BCUT2D eigenvalue weighted by atomic mass is 15.1. The molecule has 3 heteroatoms. The molecule has 3 nitrogen and oxygen atoms in total. The van der Waals surface area contributed by atoms with Gasteiger partial charge in [0.05, 0.1) is 5.69 Å². The van der Waals surface area contributed by atoms with E-state index in [1.807, 2.05) is 32.4 Å². The fraction of sp³-hybridized carbons (Fsp3) is 0.312. The third-order valence-corrected chi connectivity index (χ3v) is 3.06. The first kappa shape index (κ1) is 13.4. The number of hydrogen-bond donors (Lipinski definition) is 0. The predicted molar refractivity (Wildman–Crippen MR) is 82.8 cm³/mol. The van der Waals surface area contributed by atoms with Crippen LogP contribution in [0, 0.1) is 0 Å². The van der Waals surface area contributed by atoms with Crippen molar-refractivity contribution in [1.29, 1.82) is 0 Å². The predicted octanol–water partition coefficient (Wildman–Crippen LogP) is 3.89. The minimum absolute atomic E-state index is 0.488. The maximum absolute atomic E-state index is 4.49. The van der Waals surface area contributed by atoms with Gasteiger partial charge >= 0.3 is 0 Å². The van der Waals surface area contributed by atoms with E-state index in [2.05, 4.69) is 58.9 Å². The van der Waals surface area contributed by atoms with Crippen molar-refractivity contribution < 1.29 is 0 Å². The highest BCUT2D eigenvalue weighted by molar-refractivity contribution is 5.81. The Labute approximate surface area is 115 Å². The molecule has 0 radical (unpaired) electrons. The van der Waals surface area contributed by atoms with Gasteiger partial charge in [0, 0.05) is 50.0 Å². The van der Waals surface area contributed by atoms with Crippen LogP contribution >= 0.6 is 0 Å². The van der Waals surface area contributed by atoms with E-state index in [4.69, 9.17) is 0 Å². The molecule has 2 rings (SSSR count). The van der Waals surface area contributed by atoms with E-state index in [1.165, 1.54) is 5.69 Å². The van der Waals surface area contributed by atoms with Crippen molar-refractivity contribution in [2.75, 3.05) is 19.0 Å². The Kier molecular flexibility index (Phi) is 4.05. The lowest BCUT2D eigenvalue weighted by atomic mass is 10.2. The average molecular weight is 255 g/mol. The van der Waals surface area contributed by atoms with Crippen LogP contribution in [-0.2, 0) is 0 Å². The van der Waals surface area contributed by atoms with E-state index in [1.54, 1.807) is 0 Å². The highest BCUT2D eigenvalue weighted by Crippen LogP contribution is 2.18. The zero-order valence-electron chi connectivity index (χ0n) is 12.0. The molecule has 19 heavy (non-hydrogen) atoms. The Morgan fingerprint density at radius 2 is 1.79 bits per heavy atom. The van der Waals surface area contributed by atoms with Crippen LogP contribution in [0.5, 0.6) is 0 Å². The number of aromatic nitrogens is 1. The van der Waals surface area contributed by atoms with Gasteiger partial charge in [-0.2, -0.15) is 0 Å². The standard InChI is InChI=1S/C16H21N3/c1-13(2)19-10-9-14(12-19)11-17-15-5-7-16(8-6-15)18(3)4/h5-13H,1-4H3. The Morgan fingerprint density at radius 1 is 1.11 bits per heavy atom. The molecule has 0 aliphatic carbocycles. The zero-order chi connectivity index (χ0) is 13.8. The van der Waals surface area contributed by atoms with E-state index in [0.29, 0.717) is 6.04 Å². The summed E-state index contributed by atoms with van der Waals surface area (Å²) in [7, 11) is 4.07. The number of benzene rings is 1. The molecule has 0 fully saturated rings. The fourth-order valence-electron chi connectivity index (χ4n) is 1.81.